The van der Waals surface area contributed by atoms with Crippen LogP contribution in [0.3, 0.4) is 0 Å². The molecule has 1 aliphatic heterocycles. The second kappa shape index (κ2) is 6.87. The lowest BCUT2D eigenvalue weighted by atomic mass is 10.0. The zero-order chi connectivity index (χ0) is 14.5. The van der Waals surface area contributed by atoms with Crippen LogP contribution in [0.1, 0.15) is 24.4 Å². The highest BCUT2D eigenvalue weighted by Crippen LogP contribution is 2.15. The molecule has 1 aliphatic rings. The summed E-state index contributed by atoms with van der Waals surface area (Å²) in [7, 11) is 0. The Kier molecular flexibility index (Phi) is 4.68. The fourth-order valence-electron chi connectivity index (χ4n) is 2.92. The van der Waals surface area contributed by atoms with E-state index >= 15 is 0 Å². The van der Waals surface area contributed by atoms with E-state index in [0.717, 1.165) is 32.1 Å². The van der Waals surface area contributed by atoms with E-state index in [1.807, 2.05) is 19.2 Å². The van der Waals surface area contributed by atoms with Gasteiger partial charge in [0.05, 0.1) is 18.5 Å². The summed E-state index contributed by atoms with van der Waals surface area (Å²) in [6.07, 6.45) is 4.42. The van der Waals surface area contributed by atoms with Crippen LogP contribution >= 0.6 is 0 Å². The number of hydrogen-bond donors (Lipinski definition) is 1. The largest absolute Gasteiger partial charge is 0.381 e. The van der Waals surface area contributed by atoms with Crippen LogP contribution in [0, 0.1) is 12.8 Å². The molecule has 1 unspecified atom stereocenters. The van der Waals surface area contributed by atoms with Crippen LogP contribution < -0.4 is 5.32 Å². The number of para-hydroxylation sites is 1. The molecule has 1 aromatic carbocycles. The average molecular weight is 285 g/mol. The highest BCUT2D eigenvalue weighted by atomic mass is 16.5. The van der Waals surface area contributed by atoms with Gasteiger partial charge in [-0.2, -0.15) is 0 Å². The predicted molar refractivity (Wildman–Crippen MR) is 83.6 cm³/mol. The monoisotopic (exact) mass is 285 g/mol. The summed E-state index contributed by atoms with van der Waals surface area (Å²) in [4.78, 5) is 4.46. The summed E-state index contributed by atoms with van der Waals surface area (Å²) < 4.78 is 7.74. The molecule has 112 valence electrons. The van der Waals surface area contributed by atoms with Gasteiger partial charge in [-0.3, -0.25) is 4.57 Å². The number of nitrogens with zero attached hydrogens (tertiary/aromatic N) is 2. The summed E-state index contributed by atoms with van der Waals surface area (Å²) in [6, 6.07) is 10.4. The average Bonchev–Trinajstić information content (AvgIpc) is 2.90. The smallest absolute Gasteiger partial charge is 0.110 e. The van der Waals surface area contributed by atoms with Crippen molar-refractivity contribution in [3.8, 4) is 5.69 Å². The second-order valence-corrected chi connectivity index (χ2v) is 5.68. The van der Waals surface area contributed by atoms with Crippen LogP contribution in [-0.2, 0) is 11.3 Å². The van der Waals surface area contributed by atoms with Crippen molar-refractivity contribution < 1.29 is 4.74 Å². The Hall–Kier alpha value is -1.65. The summed E-state index contributed by atoms with van der Waals surface area (Å²) in [5.41, 5.74) is 2.38. The van der Waals surface area contributed by atoms with Gasteiger partial charge >= 0.3 is 0 Å². The first-order valence-corrected chi connectivity index (χ1v) is 7.71. The van der Waals surface area contributed by atoms with Crippen molar-refractivity contribution in [3.05, 3.63) is 48.0 Å². The predicted octanol–water partition coefficient (Wildman–Crippen LogP) is 2.70. The lowest BCUT2D eigenvalue weighted by molar-refractivity contribution is 0.0547. The number of aryl methyl sites for hydroxylation is 1. The molecule has 1 N–H and O–H groups in total. The number of imidazole rings is 1. The molecule has 0 amide bonds. The standard InChI is InChI=1S/C17H23N3O/c1-14-19-12-17(20(14)16-7-3-2-4-8-16)11-18-10-15-6-5-9-21-13-15/h2-4,7-8,12,15,18H,5-6,9-11,13H2,1H3. The number of aromatic nitrogens is 2. The quantitative estimate of drug-likeness (QED) is 0.918. The van der Waals surface area contributed by atoms with E-state index in [9.17, 15) is 0 Å². The van der Waals surface area contributed by atoms with E-state index < -0.39 is 0 Å². The van der Waals surface area contributed by atoms with Gasteiger partial charge in [-0.15, -0.1) is 0 Å². The molecule has 0 bridgehead atoms. The van der Waals surface area contributed by atoms with Crippen LogP contribution in [0.15, 0.2) is 36.5 Å². The molecule has 0 radical (unpaired) electrons. The van der Waals surface area contributed by atoms with Gasteiger partial charge in [-0.25, -0.2) is 4.98 Å². The fraction of sp³-hybridized carbons (Fsp3) is 0.471. The summed E-state index contributed by atoms with van der Waals surface area (Å²) in [5, 5.41) is 3.55. The molecule has 2 heterocycles. The number of ether oxygens (including phenoxy) is 1. The minimum atomic E-state index is 0.646. The molecule has 1 fully saturated rings. The minimum absolute atomic E-state index is 0.646. The van der Waals surface area contributed by atoms with Gasteiger partial charge < -0.3 is 10.1 Å². The highest BCUT2D eigenvalue weighted by Gasteiger charge is 2.14. The maximum Gasteiger partial charge on any atom is 0.110 e. The Morgan fingerprint density at radius 1 is 1.33 bits per heavy atom. The van der Waals surface area contributed by atoms with Crippen molar-refractivity contribution in [2.24, 2.45) is 5.92 Å². The molecule has 4 nitrogen and oxygen atoms in total. The lowest BCUT2D eigenvalue weighted by Gasteiger charge is -2.22. The first-order chi connectivity index (χ1) is 10.3. The Bertz CT molecular complexity index is 559. The second-order valence-electron chi connectivity index (χ2n) is 5.68. The normalized spacial score (nSPS) is 18.8. The zero-order valence-electron chi connectivity index (χ0n) is 12.6. The number of benzene rings is 1. The van der Waals surface area contributed by atoms with Crippen molar-refractivity contribution >= 4 is 0 Å². The maximum absolute atomic E-state index is 5.52. The number of rotatable bonds is 5. The van der Waals surface area contributed by atoms with Crippen molar-refractivity contribution in [3.63, 3.8) is 0 Å². The summed E-state index contributed by atoms with van der Waals surface area (Å²) >= 11 is 0. The molecular weight excluding hydrogens is 262 g/mol. The van der Waals surface area contributed by atoms with Crippen molar-refractivity contribution in [2.45, 2.75) is 26.3 Å². The fourth-order valence-corrected chi connectivity index (χ4v) is 2.92. The van der Waals surface area contributed by atoms with E-state index in [1.54, 1.807) is 0 Å². The van der Waals surface area contributed by atoms with Gasteiger partial charge in [0.25, 0.3) is 0 Å². The van der Waals surface area contributed by atoms with Crippen LogP contribution in [0.5, 0.6) is 0 Å². The van der Waals surface area contributed by atoms with Crippen LogP contribution in [0.25, 0.3) is 5.69 Å². The molecule has 2 aromatic rings. The Balaban J connectivity index is 1.63. The molecule has 1 atom stereocenters. The molecule has 4 heteroatoms. The summed E-state index contributed by atoms with van der Waals surface area (Å²) in [5.74, 6) is 1.67. The van der Waals surface area contributed by atoms with E-state index in [4.69, 9.17) is 4.74 Å². The number of hydrogen-bond acceptors (Lipinski definition) is 3. The van der Waals surface area contributed by atoms with E-state index in [-0.39, 0.29) is 0 Å². The highest BCUT2D eigenvalue weighted by molar-refractivity contribution is 5.35. The lowest BCUT2D eigenvalue weighted by Crippen LogP contribution is -2.29. The Morgan fingerprint density at radius 3 is 2.95 bits per heavy atom. The van der Waals surface area contributed by atoms with E-state index in [0.29, 0.717) is 5.92 Å². The van der Waals surface area contributed by atoms with Crippen molar-refractivity contribution in [1.82, 2.24) is 14.9 Å². The molecule has 1 saturated heterocycles. The summed E-state index contributed by atoms with van der Waals surface area (Å²) in [6.45, 7) is 5.72. The molecular formula is C17H23N3O. The topological polar surface area (TPSA) is 39.1 Å². The molecule has 0 aliphatic carbocycles. The molecule has 0 spiro atoms. The third kappa shape index (κ3) is 3.52. The third-order valence-electron chi connectivity index (χ3n) is 4.02. The van der Waals surface area contributed by atoms with E-state index in [2.05, 4.69) is 39.1 Å². The number of nitrogens with one attached hydrogen (secondary N) is 1. The molecule has 3 rings (SSSR count). The van der Waals surface area contributed by atoms with Gasteiger partial charge in [-0.1, -0.05) is 18.2 Å². The third-order valence-corrected chi connectivity index (χ3v) is 4.02. The van der Waals surface area contributed by atoms with Crippen molar-refractivity contribution in [2.75, 3.05) is 19.8 Å². The van der Waals surface area contributed by atoms with Crippen LogP contribution in [0.4, 0.5) is 0 Å². The van der Waals surface area contributed by atoms with Crippen LogP contribution in [0.2, 0.25) is 0 Å². The van der Waals surface area contributed by atoms with Gasteiger partial charge in [0.1, 0.15) is 5.82 Å². The van der Waals surface area contributed by atoms with Gasteiger partial charge in [0.2, 0.25) is 0 Å². The maximum atomic E-state index is 5.52. The zero-order valence-corrected chi connectivity index (χ0v) is 12.6. The minimum Gasteiger partial charge on any atom is -0.381 e. The van der Waals surface area contributed by atoms with Gasteiger partial charge in [0.15, 0.2) is 0 Å². The Labute approximate surface area is 126 Å². The van der Waals surface area contributed by atoms with Gasteiger partial charge in [0, 0.05) is 25.4 Å². The first kappa shape index (κ1) is 14.3. The van der Waals surface area contributed by atoms with E-state index in [1.165, 1.54) is 24.2 Å². The SMILES string of the molecule is Cc1ncc(CNCC2CCCOC2)n1-c1ccccc1. The molecule has 1 aromatic heterocycles. The van der Waals surface area contributed by atoms with Gasteiger partial charge in [-0.05, 0) is 37.8 Å². The first-order valence-electron chi connectivity index (χ1n) is 7.71. The molecule has 0 saturated carbocycles. The van der Waals surface area contributed by atoms with Crippen molar-refractivity contribution in [1.29, 1.82) is 0 Å². The Morgan fingerprint density at radius 2 is 2.19 bits per heavy atom. The van der Waals surface area contributed by atoms with Crippen LogP contribution in [-0.4, -0.2) is 29.3 Å². The molecule has 21 heavy (non-hydrogen) atoms.